The van der Waals surface area contributed by atoms with Gasteiger partial charge < -0.3 is 10.2 Å². The number of nitrogens with zero attached hydrogens (tertiary/aromatic N) is 3. The Morgan fingerprint density at radius 3 is 2.85 bits per heavy atom. The van der Waals surface area contributed by atoms with Gasteiger partial charge in [0.1, 0.15) is 15.7 Å². The van der Waals surface area contributed by atoms with Crippen molar-refractivity contribution in [2.24, 2.45) is 0 Å². The van der Waals surface area contributed by atoms with E-state index >= 15 is 0 Å². The molecule has 0 saturated carbocycles. The number of nitrogens with one attached hydrogen (secondary N) is 1. The van der Waals surface area contributed by atoms with E-state index in [1.54, 1.807) is 11.3 Å². The summed E-state index contributed by atoms with van der Waals surface area (Å²) in [7, 11) is 0. The number of aromatic nitrogens is 2. The summed E-state index contributed by atoms with van der Waals surface area (Å²) < 4.78 is 0. The summed E-state index contributed by atoms with van der Waals surface area (Å²) in [4.78, 5) is 26.5. The third kappa shape index (κ3) is 5.65. The average molecular weight is 407 g/mol. The molecule has 1 fully saturated rings. The maximum Gasteiger partial charge on any atom is 0.233 e. The van der Waals surface area contributed by atoms with Gasteiger partial charge in [-0.25, -0.2) is 9.97 Å². The lowest BCUT2D eigenvalue weighted by Crippen LogP contribution is -2.32. The van der Waals surface area contributed by atoms with Gasteiger partial charge in [0.15, 0.2) is 0 Å². The first kappa shape index (κ1) is 20.6. The second-order valence-electron chi connectivity index (χ2n) is 7.17. The van der Waals surface area contributed by atoms with E-state index < -0.39 is 0 Å². The zero-order valence-electron chi connectivity index (χ0n) is 16.6. The fourth-order valence-corrected chi connectivity index (χ4v) is 5.42. The molecule has 0 aliphatic carbocycles. The summed E-state index contributed by atoms with van der Waals surface area (Å²) in [6.45, 7) is 10.4. The molecule has 0 aromatic carbocycles. The first-order chi connectivity index (χ1) is 13.1. The molecule has 5 nitrogen and oxygen atoms in total. The van der Waals surface area contributed by atoms with Crippen LogP contribution in [0.4, 0.5) is 0 Å². The third-order valence-corrected chi connectivity index (χ3v) is 7.20. The molecule has 2 aromatic rings. The highest BCUT2D eigenvalue weighted by molar-refractivity contribution is 8.00. The van der Waals surface area contributed by atoms with Crippen LogP contribution in [0, 0.1) is 6.92 Å². The molecule has 1 aliphatic heterocycles. The van der Waals surface area contributed by atoms with Crippen LogP contribution >= 0.6 is 23.1 Å². The number of aryl methyl sites for hydroxylation is 2. The summed E-state index contributed by atoms with van der Waals surface area (Å²) in [6.07, 6.45) is 5.87. The van der Waals surface area contributed by atoms with Crippen LogP contribution in [0.3, 0.4) is 0 Å². The number of unbranched alkanes of at least 4 members (excludes halogenated alkanes) is 1. The fraction of sp³-hybridized carbons (Fsp3) is 0.650. The van der Waals surface area contributed by atoms with Crippen molar-refractivity contribution in [1.82, 2.24) is 20.2 Å². The monoisotopic (exact) mass is 406 g/mol. The van der Waals surface area contributed by atoms with Gasteiger partial charge in [0.25, 0.3) is 0 Å². The number of carbonyl (C=O) groups excluding carboxylic acids is 1. The predicted molar refractivity (Wildman–Crippen MR) is 115 cm³/mol. The van der Waals surface area contributed by atoms with Crippen LogP contribution in [-0.2, 0) is 11.2 Å². The van der Waals surface area contributed by atoms with Gasteiger partial charge >= 0.3 is 0 Å². The van der Waals surface area contributed by atoms with E-state index in [1.807, 2.05) is 13.8 Å². The summed E-state index contributed by atoms with van der Waals surface area (Å²) in [5.41, 5.74) is 0. The Morgan fingerprint density at radius 1 is 1.33 bits per heavy atom. The minimum absolute atomic E-state index is 0.0940. The van der Waals surface area contributed by atoms with Crippen LogP contribution in [-0.4, -0.2) is 52.2 Å². The number of rotatable bonds is 9. The zero-order chi connectivity index (χ0) is 19.2. The molecule has 0 radical (unpaired) electrons. The molecule has 1 unspecified atom stereocenters. The van der Waals surface area contributed by atoms with E-state index in [0.717, 1.165) is 53.4 Å². The summed E-state index contributed by atoms with van der Waals surface area (Å²) in [6, 6.07) is 2.17. The van der Waals surface area contributed by atoms with Crippen molar-refractivity contribution in [3.8, 4) is 0 Å². The Balaban J connectivity index is 1.49. The van der Waals surface area contributed by atoms with E-state index in [1.165, 1.54) is 42.6 Å². The molecule has 2 aromatic heterocycles. The molecule has 1 amide bonds. The largest absolute Gasteiger partial charge is 0.355 e. The smallest absolute Gasteiger partial charge is 0.233 e. The number of hydrogen-bond acceptors (Lipinski definition) is 6. The van der Waals surface area contributed by atoms with Crippen LogP contribution in [0.1, 0.15) is 50.2 Å². The molecular weight excluding hydrogens is 376 g/mol. The van der Waals surface area contributed by atoms with Gasteiger partial charge in [0.05, 0.1) is 5.25 Å². The number of fused-ring (bicyclic) bond motifs is 1. The normalized spacial score (nSPS) is 16.1. The van der Waals surface area contributed by atoms with Crippen LogP contribution in [0.2, 0.25) is 0 Å². The molecule has 0 spiro atoms. The SMILES string of the molecule is CCc1cc2c(SC(C)C(=O)NCCCCN3CCCC3)nc(C)nc2s1. The van der Waals surface area contributed by atoms with Crippen LogP contribution in [0.5, 0.6) is 0 Å². The van der Waals surface area contributed by atoms with Gasteiger partial charge in [0, 0.05) is 16.8 Å². The van der Waals surface area contributed by atoms with Crippen LogP contribution in [0.15, 0.2) is 11.1 Å². The van der Waals surface area contributed by atoms with Gasteiger partial charge in [-0.05, 0) is 71.7 Å². The van der Waals surface area contributed by atoms with Gasteiger partial charge in [-0.2, -0.15) is 0 Å². The Bertz CT molecular complexity index is 771. The molecule has 0 bridgehead atoms. The van der Waals surface area contributed by atoms with Gasteiger partial charge in [0.2, 0.25) is 5.91 Å². The summed E-state index contributed by atoms with van der Waals surface area (Å²) in [5.74, 6) is 0.862. The van der Waals surface area contributed by atoms with E-state index in [9.17, 15) is 4.79 Å². The maximum atomic E-state index is 12.5. The molecule has 7 heteroatoms. The Labute approximate surface area is 170 Å². The number of likely N-dealkylation sites (tertiary alicyclic amines) is 1. The van der Waals surface area contributed by atoms with E-state index in [-0.39, 0.29) is 11.2 Å². The van der Waals surface area contributed by atoms with Gasteiger partial charge in [-0.1, -0.05) is 18.7 Å². The minimum Gasteiger partial charge on any atom is -0.355 e. The Morgan fingerprint density at radius 2 is 2.11 bits per heavy atom. The lowest BCUT2D eigenvalue weighted by Gasteiger charge is -2.15. The zero-order valence-corrected chi connectivity index (χ0v) is 18.2. The van der Waals surface area contributed by atoms with Crippen molar-refractivity contribution in [3.63, 3.8) is 0 Å². The Hall–Kier alpha value is -1.18. The first-order valence-electron chi connectivity index (χ1n) is 10.0. The molecule has 148 valence electrons. The van der Waals surface area contributed by atoms with Crippen molar-refractivity contribution >= 4 is 39.2 Å². The molecule has 1 atom stereocenters. The second kappa shape index (κ2) is 9.85. The lowest BCUT2D eigenvalue weighted by atomic mass is 10.3. The summed E-state index contributed by atoms with van der Waals surface area (Å²) >= 11 is 3.26. The molecule has 3 heterocycles. The standard InChI is InChI=1S/C20H30N4OS2/c1-4-16-13-17-19(22-15(3)23-20(17)27-16)26-14(2)18(25)21-9-5-6-10-24-11-7-8-12-24/h13-14H,4-12H2,1-3H3,(H,21,25). The number of amides is 1. The molecule has 1 aliphatic rings. The second-order valence-corrected chi connectivity index (χ2v) is 9.61. The van der Waals surface area contributed by atoms with E-state index in [0.29, 0.717) is 0 Å². The Kier molecular flexibility index (Phi) is 7.49. The van der Waals surface area contributed by atoms with E-state index in [4.69, 9.17) is 0 Å². The van der Waals surface area contributed by atoms with Gasteiger partial charge in [-0.15, -0.1) is 11.3 Å². The molecule has 1 N–H and O–H groups in total. The van der Waals surface area contributed by atoms with E-state index in [2.05, 4.69) is 33.2 Å². The number of thiophene rings is 1. The van der Waals surface area contributed by atoms with Gasteiger partial charge in [-0.3, -0.25) is 4.79 Å². The number of carbonyl (C=O) groups is 1. The number of thioether (sulfide) groups is 1. The topological polar surface area (TPSA) is 58.1 Å². The molecule has 3 rings (SSSR count). The lowest BCUT2D eigenvalue weighted by molar-refractivity contribution is -0.120. The van der Waals surface area contributed by atoms with Crippen molar-refractivity contribution < 1.29 is 4.79 Å². The third-order valence-electron chi connectivity index (χ3n) is 4.93. The predicted octanol–water partition coefficient (Wildman–Crippen LogP) is 4.03. The van der Waals surface area contributed by atoms with Crippen LogP contribution in [0.25, 0.3) is 10.2 Å². The maximum absolute atomic E-state index is 12.5. The highest BCUT2D eigenvalue weighted by Gasteiger charge is 2.18. The van der Waals surface area contributed by atoms with Crippen LogP contribution < -0.4 is 5.32 Å². The minimum atomic E-state index is -0.161. The first-order valence-corrected chi connectivity index (χ1v) is 11.7. The van der Waals surface area contributed by atoms with Crippen molar-refractivity contribution in [3.05, 3.63) is 16.8 Å². The van der Waals surface area contributed by atoms with Crippen molar-refractivity contribution in [2.45, 2.75) is 63.2 Å². The summed E-state index contributed by atoms with van der Waals surface area (Å²) in [5, 5.41) is 4.93. The highest BCUT2D eigenvalue weighted by atomic mass is 32.2. The number of hydrogen-bond donors (Lipinski definition) is 1. The average Bonchev–Trinajstić information content (AvgIpc) is 3.30. The van der Waals surface area contributed by atoms with Crippen molar-refractivity contribution in [2.75, 3.05) is 26.2 Å². The molecule has 1 saturated heterocycles. The van der Waals surface area contributed by atoms with Crippen molar-refractivity contribution in [1.29, 1.82) is 0 Å². The highest BCUT2D eigenvalue weighted by Crippen LogP contribution is 2.33. The molecule has 27 heavy (non-hydrogen) atoms. The molecular formula is C20H30N4OS2. The fourth-order valence-electron chi connectivity index (χ4n) is 3.35. The quantitative estimate of drug-likeness (QED) is 0.387.